The van der Waals surface area contributed by atoms with Crippen molar-refractivity contribution in [3.8, 4) is 0 Å². The largest absolute Gasteiger partial charge is 0.414 e. The van der Waals surface area contributed by atoms with E-state index in [2.05, 4.69) is 46.9 Å². The van der Waals surface area contributed by atoms with Gasteiger partial charge in [-0.1, -0.05) is 39.3 Å². The third-order valence-corrected chi connectivity index (χ3v) is 14.8. The highest BCUT2D eigenvalue weighted by Crippen LogP contribution is 2.65. The second-order valence-corrected chi connectivity index (χ2v) is 17.3. The van der Waals surface area contributed by atoms with Crippen molar-refractivity contribution in [1.29, 1.82) is 0 Å². The molecule has 29 heavy (non-hydrogen) atoms. The molecule has 0 aliphatic heterocycles. The first-order valence-corrected chi connectivity index (χ1v) is 15.0. The molecule has 0 aromatic heterocycles. The summed E-state index contributed by atoms with van der Waals surface area (Å²) in [6.45, 7) is 14.3. The van der Waals surface area contributed by atoms with Gasteiger partial charge in [0.25, 0.3) is 0 Å². The third kappa shape index (κ3) is 3.32. The molecule has 166 valence electrons. The molecule has 0 aromatic carbocycles. The second-order valence-electron chi connectivity index (χ2n) is 12.5. The molecule has 0 saturated heterocycles. The summed E-state index contributed by atoms with van der Waals surface area (Å²) in [6, 6.07) is 0. The van der Waals surface area contributed by atoms with Gasteiger partial charge >= 0.3 is 0 Å². The van der Waals surface area contributed by atoms with Gasteiger partial charge in [0, 0.05) is 11.5 Å². The van der Waals surface area contributed by atoms with Crippen LogP contribution in [0.5, 0.6) is 0 Å². The van der Waals surface area contributed by atoms with E-state index in [1.54, 1.807) is 0 Å². The Hall–Kier alpha value is -0.163. The quantitative estimate of drug-likeness (QED) is 0.456. The van der Waals surface area contributed by atoms with Gasteiger partial charge in [-0.05, 0) is 92.7 Å². The Morgan fingerprint density at radius 2 is 1.83 bits per heavy atom. The zero-order chi connectivity index (χ0) is 21.2. The van der Waals surface area contributed by atoms with Crippen LogP contribution in [0.15, 0.2) is 11.6 Å². The van der Waals surface area contributed by atoms with Gasteiger partial charge in [-0.25, -0.2) is 0 Å². The van der Waals surface area contributed by atoms with E-state index in [-0.39, 0.29) is 22.0 Å². The molecule has 3 nitrogen and oxygen atoms in total. The summed E-state index contributed by atoms with van der Waals surface area (Å²) in [5, 5.41) is 21.6. The van der Waals surface area contributed by atoms with Gasteiger partial charge in [0.2, 0.25) is 0 Å². The first kappa shape index (κ1) is 22.0. The van der Waals surface area contributed by atoms with Gasteiger partial charge in [-0.2, -0.15) is 0 Å². The van der Waals surface area contributed by atoms with Crippen molar-refractivity contribution in [3.05, 3.63) is 11.6 Å². The first-order valence-electron chi connectivity index (χ1n) is 12.1. The number of hydrogen-bond acceptors (Lipinski definition) is 3. The zero-order valence-corrected chi connectivity index (χ0v) is 20.6. The fraction of sp³-hybridized carbons (Fsp3) is 0.920. The van der Waals surface area contributed by atoms with Crippen LogP contribution in [-0.2, 0) is 4.43 Å². The van der Waals surface area contributed by atoms with Crippen molar-refractivity contribution in [3.63, 3.8) is 0 Å². The van der Waals surface area contributed by atoms with Crippen molar-refractivity contribution in [1.82, 2.24) is 0 Å². The number of allylic oxidation sites excluding steroid dienone is 1. The Balaban J connectivity index is 1.56. The molecule has 4 aliphatic rings. The van der Waals surface area contributed by atoms with Crippen LogP contribution in [0.4, 0.5) is 0 Å². The van der Waals surface area contributed by atoms with Crippen molar-refractivity contribution in [2.45, 2.75) is 109 Å². The molecule has 4 rings (SSSR count). The molecule has 1 unspecified atom stereocenters. The lowest BCUT2D eigenvalue weighted by molar-refractivity contribution is -0.0882. The second kappa shape index (κ2) is 7.18. The van der Waals surface area contributed by atoms with Crippen LogP contribution < -0.4 is 0 Å². The van der Waals surface area contributed by atoms with Gasteiger partial charge in [-0.3, -0.25) is 0 Å². The maximum atomic E-state index is 10.7. The van der Waals surface area contributed by atoms with E-state index in [0.29, 0.717) is 30.5 Å². The molecule has 4 heteroatoms. The summed E-state index contributed by atoms with van der Waals surface area (Å²) in [5.74, 6) is 1.85. The molecule has 0 aromatic rings. The van der Waals surface area contributed by atoms with Crippen LogP contribution in [0.3, 0.4) is 0 Å². The van der Waals surface area contributed by atoms with E-state index in [4.69, 9.17) is 4.43 Å². The Bertz CT molecular complexity index is 665. The SMILES string of the molecule is CC(C)(C)[Si](C)(C)OC1CC[C@@]2(CO)C(=CC[C@@H]3[C@@H]2CC[C@]2(C)[C@@H](O)CC[C@@H]32)C1. The number of hydrogen-bond donors (Lipinski definition) is 2. The molecule has 0 spiro atoms. The fourth-order valence-electron chi connectivity index (χ4n) is 7.38. The molecular weight excluding hydrogens is 376 g/mol. The fourth-order valence-corrected chi connectivity index (χ4v) is 8.77. The predicted octanol–water partition coefficient (Wildman–Crippen LogP) is 5.67. The van der Waals surface area contributed by atoms with Gasteiger partial charge in [0.15, 0.2) is 8.32 Å². The highest BCUT2D eigenvalue weighted by atomic mass is 28.4. The van der Waals surface area contributed by atoms with Crippen molar-refractivity contribution in [2.75, 3.05) is 6.61 Å². The molecule has 3 saturated carbocycles. The highest BCUT2D eigenvalue weighted by Gasteiger charge is 2.59. The highest BCUT2D eigenvalue weighted by molar-refractivity contribution is 6.74. The number of aliphatic hydroxyl groups excluding tert-OH is 2. The summed E-state index contributed by atoms with van der Waals surface area (Å²) >= 11 is 0. The van der Waals surface area contributed by atoms with Crippen molar-refractivity contribution >= 4 is 8.32 Å². The van der Waals surface area contributed by atoms with Crippen LogP contribution >= 0.6 is 0 Å². The van der Waals surface area contributed by atoms with Crippen molar-refractivity contribution < 1.29 is 14.6 Å². The minimum absolute atomic E-state index is 0.0227. The normalized spacial score (nSPS) is 45.2. The average Bonchev–Trinajstić information content (AvgIpc) is 2.95. The molecule has 0 radical (unpaired) electrons. The zero-order valence-electron chi connectivity index (χ0n) is 19.6. The first-order chi connectivity index (χ1) is 13.4. The van der Waals surface area contributed by atoms with Crippen LogP contribution in [0, 0.1) is 28.6 Å². The maximum absolute atomic E-state index is 10.7. The molecule has 0 amide bonds. The third-order valence-electron chi connectivity index (χ3n) is 10.3. The van der Waals surface area contributed by atoms with Gasteiger partial charge in [0.1, 0.15) is 0 Å². The van der Waals surface area contributed by atoms with E-state index in [0.717, 1.165) is 38.5 Å². The van der Waals surface area contributed by atoms with E-state index in [1.807, 2.05) is 0 Å². The Labute approximate surface area is 179 Å². The standard InChI is InChI=1S/C25H44O3Si/c1-23(2,3)29(5,6)28-18-11-14-25(16-26)17(15-18)7-8-19-20-9-10-22(27)24(20,4)13-12-21(19)25/h7,18-22,26-27H,8-16H2,1-6H3/t18?,19-,20-,21-,22-,24-,25+/m0/s1. The number of aliphatic hydroxyl groups is 2. The lowest BCUT2D eigenvalue weighted by Gasteiger charge is -2.58. The molecule has 0 heterocycles. The van der Waals surface area contributed by atoms with Crippen LogP contribution in [0.25, 0.3) is 0 Å². The Morgan fingerprint density at radius 1 is 1.10 bits per heavy atom. The monoisotopic (exact) mass is 420 g/mol. The summed E-state index contributed by atoms with van der Waals surface area (Å²) in [6.07, 6.45) is 11.4. The maximum Gasteiger partial charge on any atom is 0.192 e. The van der Waals surface area contributed by atoms with E-state index >= 15 is 0 Å². The lowest BCUT2D eigenvalue weighted by atomic mass is 9.47. The number of fused-ring (bicyclic) bond motifs is 5. The molecule has 2 N–H and O–H groups in total. The van der Waals surface area contributed by atoms with Crippen LogP contribution in [0.1, 0.15) is 79.1 Å². The molecule has 7 atom stereocenters. The summed E-state index contributed by atoms with van der Waals surface area (Å²) < 4.78 is 6.80. The van der Waals surface area contributed by atoms with E-state index < -0.39 is 8.32 Å². The Kier molecular flexibility index (Phi) is 5.46. The van der Waals surface area contributed by atoms with Crippen LogP contribution in [-0.4, -0.2) is 37.3 Å². The topological polar surface area (TPSA) is 49.7 Å². The molecule has 4 aliphatic carbocycles. The summed E-state index contributed by atoms with van der Waals surface area (Å²) in [4.78, 5) is 0. The lowest BCUT2D eigenvalue weighted by Crippen LogP contribution is -2.54. The number of rotatable bonds is 3. The minimum atomic E-state index is -1.77. The van der Waals surface area contributed by atoms with Crippen molar-refractivity contribution in [2.24, 2.45) is 28.6 Å². The average molecular weight is 421 g/mol. The van der Waals surface area contributed by atoms with E-state index in [1.165, 1.54) is 18.4 Å². The van der Waals surface area contributed by atoms with Gasteiger partial charge in [-0.15, -0.1) is 0 Å². The molecule has 3 fully saturated rings. The molecular formula is C25H44O3Si. The van der Waals surface area contributed by atoms with Gasteiger partial charge in [0.05, 0.1) is 12.7 Å². The summed E-state index contributed by atoms with van der Waals surface area (Å²) in [7, 11) is -1.77. The smallest absolute Gasteiger partial charge is 0.192 e. The van der Waals surface area contributed by atoms with E-state index in [9.17, 15) is 10.2 Å². The summed E-state index contributed by atoms with van der Waals surface area (Å²) in [5.41, 5.74) is 1.58. The predicted molar refractivity (Wildman–Crippen MR) is 121 cm³/mol. The Morgan fingerprint density at radius 3 is 2.48 bits per heavy atom. The molecule has 0 bridgehead atoms. The van der Waals surface area contributed by atoms with Gasteiger partial charge < -0.3 is 14.6 Å². The minimum Gasteiger partial charge on any atom is -0.414 e. The van der Waals surface area contributed by atoms with Crippen LogP contribution in [0.2, 0.25) is 18.1 Å².